The van der Waals surface area contributed by atoms with Crippen LogP contribution in [-0.2, 0) is 4.79 Å². The molecule has 1 atom stereocenters. The molecule has 2 N–H and O–H groups in total. The molecule has 1 amide bonds. The van der Waals surface area contributed by atoms with E-state index >= 15 is 0 Å². The first kappa shape index (κ1) is 22.2. The van der Waals surface area contributed by atoms with Gasteiger partial charge in [0.05, 0.1) is 17.7 Å². The number of hydrogen-bond donors (Lipinski definition) is 1. The van der Waals surface area contributed by atoms with Gasteiger partial charge in [0.25, 0.3) is 0 Å². The number of nitrogens with two attached hydrogens (primary N) is 1. The Hall–Kier alpha value is -0.780. The van der Waals surface area contributed by atoms with Crippen molar-refractivity contribution >= 4 is 30.7 Å². The first-order valence-electron chi connectivity index (χ1n) is 8.06. The highest BCUT2D eigenvalue weighted by atomic mass is 35.5. The Balaban J connectivity index is 0.00000242. The molecule has 1 aliphatic rings. The largest absolute Gasteiger partial charge is 0.340 e. The van der Waals surface area contributed by atoms with Crippen LogP contribution < -0.4 is 5.73 Å². The van der Waals surface area contributed by atoms with Crippen molar-refractivity contribution in [3.63, 3.8) is 0 Å². The van der Waals surface area contributed by atoms with Crippen molar-refractivity contribution in [1.29, 1.82) is 0 Å². The van der Waals surface area contributed by atoms with Crippen molar-refractivity contribution in [2.75, 3.05) is 19.6 Å². The first-order chi connectivity index (χ1) is 10.1. The summed E-state index contributed by atoms with van der Waals surface area (Å²) in [7, 11) is 0. The van der Waals surface area contributed by atoms with Gasteiger partial charge < -0.3 is 10.6 Å². The summed E-state index contributed by atoms with van der Waals surface area (Å²) in [5.74, 6) is 0.226. The van der Waals surface area contributed by atoms with Gasteiger partial charge in [0.15, 0.2) is 0 Å². The van der Waals surface area contributed by atoms with Gasteiger partial charge in [-0.3, -0.25) is 9.48 Å². The van der Waals surface area contributed by atoms with Crippen molar-refractivity contribution in [3.8, 4) is 0 Å². The highest BCUT2D eigenvalue weighted by molar-refractivity contribution is 5.85. The van der Waals surface area contributed by atoms with E-state index in [9.17, 15) is 4.79 Å². The summed E-state index contributed by atoms with van der Waals surface area (Å²) in [4.78, 5) is 14.9. The summed E-state index contributed by atoms with van der Waals surface area (Å²) < 4.78 is 2.01. The van der Waals surface area contributed by atoms with Crippen LogP contribution in [0.1, 0.15) is 51.1 Å². The summed E-state index contributed by atoms with van der Waals surface area (Å²) >= 11 is 0. The predicted molar refractivity (Wildman–Crippen MR) is 98.4 cm³/mol. The molecular weight excluding hydrogens is 335 g/mol. The quantitative estimate of drug-likeness (QED) is 0.873. The molecule has 1 unspecified atom stereocenters. The number of hydrogen-bond acceptors (Lipinski definition) is 3. The molecule has 0 aliphatic carbocycles. The van der Waals surface area contributed by atoms with Crippen molar-refractivity contribution in [3.05, 3.63) is 18.0 Å². The molecule has 0 saturated carbocycles. The molecule has 0 spiro atoms. The topological polar surface area (TPSA) is 64.2 Å². The molecule has 23 heavy (non-hydrogen) atoms. The number of halogens is 2. The molecule has 1 saturated heterocycles. The van der Waals surface area contributed by atoms with Gasteiger partial charge in [-0.2, -0.15) is 5.10 Å². The second-order valence-electron chi connectivity index (χ2n) is 6.24. The molecule has 134 valence electrons. The standard InChI is InChI=1S/C16H28N4O.2ClH/c1-4-16(5-2,12-17)15(21)19-8-6-7-14(11-19)20-10-13(3)9-18-20;;/h9-10,14H,4-8,11-12,17H2,1-3H3;2*1H. The highest BCUT2D eigenvalue weighted by Crippen LogP contribution is 2.31. The van der Waals surface area contributed by atoms with Gasteiger partial charge in [-0.05, 0) is 38.2 Å². The highest BCUT2D eigenvalue weighted by Gasteiger charge is 2.38. The number of likely N-dealkylation sites (tertiary alicyclic amines) is 1. The smallest absolute Gasteiger partial charge is 0.230 e. The second-order valence-corrected chi connectivity index (χ2v) is 6.24. The van der Waals surface area contributed by atoms with Crippen molar-refractivity contribution in [2.45, 2.75) is 52.5 Å². The van der Waals surface area contributed by atoms with Gasteiger partial charge in [0.2, 0.25) is 5.91 Å². The Bertz CT molecular complexity index is 480. The summed E-state index contributed by atoms with van der Waals surface area (Å²) in [6.07, 6.45) is 7.67. The molecule has 7 heteroatoms. The molecule has 1 aliphatic heterocycles. The van der Waals surface area contributed by atoms with E-state index in [2.05, 4.69) is 25.1 Å². The second kappa shape index (κ2) is 9.50. The van der Waals surface area contributed by atoms with Crippen LogP contribution in [0, 0.1) is 12.3 Å². The number of aryl methyl sites for hydroxylation is 1. The van der Waals surface area contributed by atoms with E-state index in [-0.39, 0.29) is 36.1 Å². The van der Waals surface area contributed by atoms with E-state index in [1.54, 1.807) is 0 Å². The van der Waals surface area contributed by atoms with Crippen LogP contribution in [0.3, 0.4) is 0 Å². The maximum absolute atomic E-state index is 12.9. The van der Waals surface area contributed by atoms with Gasteiger partial charge >= 0.3 is 0 Å². The maximum Gasteiger partial charge on any atom is 0.230 e. The number of carbonyl (C=O) groups is 1. The summed E-state index contributed by atoms with van der Waals surface area (Å²) in [6.45, 7) is 8.20. The summed E-state index contributed by atoms with van der Waals surface area (Å²) in [5, 5.41) is 4.41. The van der Waals surface area contributed by atoms with Crippen molar-refractivity contribution in [2.24, 2.45) is 11.1 Å². The number of carbonyl (C=O) groups excluding carboxylic acids is 1. The van der Waals surface area contributed by atoms with E-state index in [1.807, 2.05) is 22.7 Å². The fraction of sp³-hybridized carbons (Fsp3) is 0.750. The van der Waals surface area contributed by atoms with Crippen molar-refractivity contribution in [1.82, 2.24) is 14.7 Å². The number of amides is 1. The maximum atomic E-state index is 12.9. The van der Waals surface area contributed by atoms with Gasteiger partial charge in [0.1, 0.15) is 0 Å². The van der Waals surface area contributed by atoms with Gasteiger partial charge in [-0.25, -0.2) is 0 Å². The average Bonchev–Trinajstić information content (AvgIpc) is 2.96. The molecule has 1 aromatic rings. The molecular formula is C16H30Cl2N4O. The van der Waals surface area contributed by atoms with E-state index < -0.39 is 0 Å². The van der Waals surface area contributed by atoms with E-state index in [4.69, 9.17) is 5.73 Å². The lowest BCUT2D eigenvalue weighted by Crippen LogP contribution is -2.51. The van der Waals surface area contributed by atoms with E-state index in [0.717, 1.165) is 44.3 Å². The normalized spacial score (nSPS) is 18.1. The third-order valence-electron chi connectivity index (χ3n) is 4.99. The molecule has 0 bridgehead atoms. The molecule has 1 aromatic heterocycles. The zero-order valence-corrected chi connectivity index (χ0v) is 16.0. The molecule has 0 radical (unpaired) electrons. The van der Waals surface area contributed by atoms with Gasteiger partial charge in [-0.1, -0.05) is 13.8 Å². The monoisotopic (exact) mass is 364 g/mol. The minimum atomic E-state index is -0.387. The van der Waals surface area contributed by atoms with Gasteiger partial charge in [-0.15, -0.1) is 24.8 Å². The molecule has 2 heterocycles. The van der Waals surface area contributed by atoms with E-state index in [0.29, 0.717) is 12.6 Å². The number of aromatic nitrogens is 2. The van der Waals surface area contributed by atoms with Crippen molar-refractivity contribution < 1.29 is 4.79 Å². The Labute approximate surface area is 151 Å². The Kier molecular flexibility index (Phi) is 9.18. The molecule has 5 nitrogen and oxygen atoms in total. The number of rotatable bonds is 5. The first-order valence-corrected chi connectivity index (χ1v) is 8.06. The zero-order chi connectivity index (χ0) is 15.5. The lowest BCUT2D eigenvalue weighted by atomic mass is 9.80. The van der Waals surface area contributed by atoms with Crippen LogP contribution in [0.4, 0.5) is 0 Å². The Morgan fingerprint density at radius 2 is 2.04 bits per heavy atom. The lowest BCUT2D eigenvalue weighted by molar-refractivity contribution is -0.144. The lowest BCUT2D eigenvalue weighted by Gasteiger charge is -2.39. The fourth-order valence-corrected chi connectivity index (χ4v) is 3.25. The minimum absolute atomic E-state index is 0. The molecule has 1 fully saturated rings. The van der Waals surface area contributed by atoms with Crippen LogP contribution >= 0.6 is 24.8 Å². The van der Waals surface area contributed by atoms with Crippen LogP contribution in [-0.4, -0.2) is 40.2 Å². The summed E-state index contributed by atoms with van der Waals surface area (Å²) in [5.41, 5.74) is 6.70. The number of piperidine rings is 1. The Morgan fingerprint density at radius 1 is 1.39 bits per heavy atom. The average molecular weight is 365 g/mol. The van der Waals surface area contributed by atoms with Crippen LogP contribution in [0.2, 0.25) is 0 Å². The zero-order valence-electron chi connectivity index (χ0n) is 14.3. The SMILES string of the molecule is CCC(CC)(CN)C(=O)N1CCCC(n2cc(C)cn2)C1.Cl.Cl. The van der Waals surface area contributed by atoms with Crippen LogP contribution in [0.5, 0.6) is 0 Å². The third kappa shape index (κ3) is 4.61. The van der Waals surface area contributed by atoms with Gasteiger partial charge in [0, 0.05) is 25.8 Å². The van der Waals surface area contributed by atoms with Crippen LogP contribution in [0.25, 0.3) is 0 Å². The molecule has 2 rings (SSSR count). The fourth-order valence-electron chi connectivity index (χ4n) is 3.25. The Morgan fingerprint density at radius 3 is 2.52 bits per heavy atom. The predicted octanol–water partition coefficient (Wildman–Crippen LogP) is 2.96. The third-order valence-corrected chi connectivity index (χ3v) is 4.99. The minimum Gasteiger partial charge on any atom is -0.340 e. The van der Waals surface area contributed by atoms with Crippen LogP contribution in [0.15, 0.2) is 12.4 Å². The van der Waals surface area contributed by atoms with E-state index in [1.165, 1.54) is 0 Å². The number of nitrogens with zero attached hydrogens (tertiary/aromatic N) is 3. The summed E-state index contributed by atoms with van der Waals surface area (Å²) in [6, 6.07) is 0.292. The molecule has 0 aromatic carbocycles.